The fourth-order valence-corrected chi connectivity index (χ4v) is 3.19. The molecule has 1 saturated carbocycles. The summed E-state index contributed by atoms with van der Waals surface area (Å²) in [5.41, 5.74) is 7.80. The van der Waals surface area contributed by atoms with Gasteiger partial charge in [-0.1, -0.05) is 19.3 Å². The highest BCUT2D eigenvalue weighted by Gasteiger charge is 2.31. The van der Waals surface area contributed by atoms with Gasteiger partial charge in [-0.2, -0.15) is 0 Å². The quantitative estimate of drug-likeness (QED) is 0.571. The molecular weight excluding hydrogens is 339 g/mol. The number of hydrogen-bond donors (Lipinski definition) is 3. The van der Waals surface area contributed by atoms with Crippen molar-refractivity contribution in [3.8, 4) is 0 Å². The molecule has 0 saturated heterocycles. The molecule has 1 aromatic rings. The lowest BCUT2D eigenvalue weighted by atomic mass is 9.74. The average Bonchev–Trinajstić information content (AvgIpc) is 2.39. The summed E-state index contributed by atoms with van der Waals surface area (Å²) in [4.78, 5) is 0. The zero-order valence-electron chi connectivity index (χ0n) is 10.6. The van der Waals surface area contributed by atoms with Crippen molar-refractivity contribution in [3.63, 3.8) is 0 Å². The molecule has 0 spiro atoms. The number of nitrogens with one attached hydrogen (secondary N) is 1. The van der Waals surface area contributed by atoms with Gasteiger partial charge >= 0.3 is 0 Å². The Balaban J connectivity index is 2.01. The Labute approximate surface area is 122 Å². The Bertz CT molecular complexity index is 403. The Hall–Kier alpha value is -0.490. The van der Waals surface area contributed by atoms with Crippen molar-refractivity contribution >= 4 is 34.0 Å². The first-order valence-corrected chi connectivity index (χ1v) is 7.63. The first-order chi connectivity index (χ1) is 8.65. The number of nitrogen functional groups attached to an aromatic ring is 1. The van der Waals surface area contributed by atoms with Gasteiger partial charge in [-0.25, -0.2) is 0 Å². The summed E-state index contributed by atoms with van der Waals surface area (Å²) in [5, 5.41) is 13.1. The second kappa shape index (κ2) is 6.10. The second-order valence-electron chi connectivity index (χ2n) is 5.30. The van der Waals surface area contributed by atoms with E-state index in [2.05, 4.69) is 27.9 Å². The predicted octanol–water partition coefficient (Wildman–Crippen LogP) is 3.23. The van der Waals surface area contributed by atoms with Crippen LogP contribution in [0.15, 0.2) is 18.2 Å². The van der Waals surface area contributed by atoms with Crippen molar-refractivity contribution in [2.24, 2.45) is 5.41 Å². The molecule has 0 aromatic heterocycles. The lowest BCUT2D eigenvalue weighted by Crippen LogP contribution is -2.35. The molecule has 1 fully saturated rings. The van der Waals surface area contributed by atoms with Gasteiger partial charge in [-0.3, -0.25) is 0 Å². The van der Waals surface area contributed by atoms with Crippen molar-refractivity contribution < 1.29 is 5.11 Å². The van der Waals surface area contributed by atoms with Gasteiger partial charge in [-0.15, -0.1) is 0 Å². The minimum absolute atomic E-state index is 0.0493. The van der Waals surface area contributed by atoms with E-state index in [-0.39, 0.29) is 12.0 Å². The Kier molecular flexibility index (Phi) is 4.72. The molecule has 0 unspecified atom stereocenters. The number of aliphatic hydroxyl groups is 1. The third-order valence-electron chi connectivity index (χ3n) is 3.92. The van der Waals surface area contributed by atoms with Crippen LogP contribution in [0.1, 0.15) is 32.1 Å². The van der Waals surface area contributed by atoms with E-state index >= 15 is 0 Å². The summed E-state index contributed by atoms with van der Waals surface area (Å²) in [7, 11) is 0. The zero-order valence-corrected chi connectivity index (χ0v) is 12.7. The topological polar surface area (TPSA) is 58.3 Å². The van der Waals surface area contributed by atoms with Crippen molar-refractivity contribution in [1.82, 2.24) is 0 Å². The van der Waals surface area contributed by atoms with E-state index < -0.39 is 0 Å². The monoisotopic (exact) mass is 360 g/mol. The minimum Gasteiger partial charge on any atom is -0.397 e. The molecule has 0 atom stereocenters. The number of aliphatic hydroxyl groups excluding tert-OH is 1. The average molecular weight is 360 g/mol. The number of benzene rings is 1. The highest BCUT2D eigenvalue weighted by atomic mass is 127. The molecule has 4 heteroatoms. The molecule has 100 valence electrons. The molecule has 0 aliphatic heterocycles. The van der Waals surface area contributed by atoms with Crippen LogP contribution in [0, 0.1) is 8.99 Å². The van der Waals surface area contributed by atoms with Gasteiger partial charge in [0, 0.05) is 15.5 Å². The molecule has 1 aliphatic rings. The van der Waals surface area contributed by atoms with Crippen molar-refractivity contribution in [2.75, 3.05) is 24.2 Å². The lowest BCUT2D eigenvalue weighted by Gasteiger charge is -2.36. The molecule has 2 rings (SSSR count). The summed E-state index contributed by atoms with van der Waals surface area (Å²) in [6.45, 7) is 1.08. The lowest BCUT2D eigenvalue weighted by molar-refractivity contribution is 0.0944. The minimum atomic E-state index is 0.0493. The van der Waals surface area contributed by atoms with Gasteiger partial charge < -0.3 is 16.2 Å². The van der Waals surface area contributed by atoms with Gasteiger partial charge in [0.15, 0.2) is 0 Å². The van der Waals surface area contributed by atoms with E-state index in [1.807, 2.05) is 18.2 Å². The molecule has 18 heavy (non-hydrogen) atoms. The molecule has 0 heterocycles. The van der Waals surface area contributed by atoms with Crippen LogP contribution in [-0.2, 0) is 0 Å². The van der Waals surface area contributed by atoms with Gasteiger partial charge in [-0.05, 0) is 53.6 Å². The summed E-state index contributed by atoms with van der Waals surface area (Å²) in [5.74, 6) is 0. The maximum Gasteiger partial charge on any atom is 0.0574 e. The molecule has 3 nitrogen and oxygen atoms in total. The first-order valence-electron chi connectivity index (χ1n) is 6.55. The number of rotatable bonds is 4. The fourth-order valence-electron chi connectivity index (χ4n) is 2.67. The molecule has 4 N–H and O–H groups in total. The van der Waals surface area contributed by atoms with Crippen LogP contribution < -0.4 is 11.1 Å². The van der Waals surface area contributed by atoms with E-state index in [1.165, 1.54) is 19.3 Å². The molecule has 1 aromatic carbocycles. The van der Waals surface area contributed by atoms with E-state index in [1.54, 1.807) is 0 Å². The summed E-state index contributed by atoms with van der Waals surface area (Å²) < 4.78 is 1.14. The van der Waals surface area contributed by atoms with E-state index in [4.69, 9.17) is 5.73 Å². The van der Waals surface area contributed by atoms with Crippen LogP contribution in [0.3, 0.4) is 0 Å². The van der Waals surface area contributed by atoms with Crippen molar-refractivity contribution in [2.45, 2.75) is 32.1 Å². The van der Waals surface area contributed by atoms with Gasteiger partial charge in [0.1, 0.15) is 0 Å². The molecular formula is C14H21IN2O. The first kappa shape index (κ1) is 13.9. The third kappa shape index (κ3) is 3.29. The smallest absolute Gasteiger partial charge is 0.0574 e. The van der Waals surface area contributed by atoms with Gasteiger partial charge in [0.25, 0.3) is 0 Å². The van der Waals surface area contributed by atoms with Crippen LogP contribution in [0.2, 0.25) is 0 Å². The second-order valence-corrected chi connectivity index (χ2v) is 6.55. The van der Waals surface area contributed by atoms with Crippen LogP contribution in [-0.4, -0.2) is 18.3 Å². The Morgan fingerprint density at radius 1 is 1.28 bits per heavy atom. The fraction of sp³-hybridized carbons (Fsp3) is 0.571. The largest absolute Gasteiger partial charge is 0.397 e. The van der Waals surface area contributed by atoms with E-state index in [9.17, 15) is 5.11 Å². The van der Waals surface area contributed by atoms with E-state index in [0.29, 0.717) is 0 Å². The third-order valence-corrected chi connectivity index (χ3v) is 4.59. The van der Waals surface area contributed by atoms with Crippen LogP contribution in [0.5, 0.6) is 0 Å². The predicted molar refractivity (Wildman–Crippen MR) is 84.7 cm³/mol. The van der Waals surface area contributed by atoms with Gasteiger partial charge in [0.05, 0.1) is 18.0 Å². The molecule has 1 aliphatic carbocycles. The molecule has 0 radical (unpaired) electrons. The summed E-state index contributed by atoms with van der Waals surface area (Å²) >= 11 is 2.26. The SMILES string of the molecule is Nc1cc(I)ccc1NCC1(CO)CCCCC1. The Morgan fingerprint density at radius 3 is 2.61 bits per heavy atom. The van der Waals surface area contributed by atoms with Crippen molar-refractivity contribution in [1.29, 1.82) is 0 Å². The standard InChI is InChI=1S/C14H21IN2O/c15-11-4-5-13(12(16)8-11)17-9-14(10-18)6-2-1-3-7-14/h4-5,8,17-18H,1-3,6-7,9-10,16H2. The number of nitrogens with two attached hydrogens (primary N) is 1. The molecule has 0 bridgehead atoms. The number of hydrogen-bond acceptors (Lipinski definition) is 3. The highest BCUT2D eigenvalue weighted by Crippen LogP contribution is 2.36. The molecule has 0 amide bonds. The summed E-state index contributed by atoms with van der Waals surface area (Å²) in [6.07, 6.45) is 5.98. The maximum atomic E-state index is 9.66. The van der Waals surface area contributed by atoms with Gasteiger partial charge in [0.2, 0.25) is 0 Å². The normalized spacial score (nSPS) is 18.6. The maximum absolute atomic E-state index is 9.66. The Morgan fingerprint density at radius 2 is 2.00 bits per heavy atom. The highest BCUT2D eigenvalue weighted by molar-refractivity contribution is 14.1. The zero-order chi connectivity index (χ0) is 13.0. The number of anilines is 2. The van der Waals surface area contributed by atoms with E-state index in [0.717, 1.165) is 34.3 Å². The van der Waals surface area contributed by atoms with Crippen LogP contribution in [0.25, 0.3) is 0 Å². The van der Waals surface area contributed by atoms with Crippen molar-refractivity contribution in [3.05, 3.63) is 21.8 Å². The van der Waals surface area contributed by atoms with Crippen LogP contribution >= 0.6 is 22.6 Å². The number of halogens is 1. The summed E-state index contributed by atoms with van der Waals surface area (Å²) in [6, 6.07) is 6.03. The van der Waals surface area contributed by atoms with Crippen LogP contribution in [0.4, 0.5) is 11.4 Å².